The molecular formula is C12H13ClN2S. The summed E-state index contributed by atoms with van der Waals surface area (Å²) in [5.41, 5.74) is 0. The Kier molecular flexibility index (Phi) is 3.75. The van der Waals surface area contributed by atoms with Gasteiger partial charge in [0, 0.05) is 4.90 Å². The van der Waals surface area contributed by atoms with E-state index in [1.54, 1.807) is 11.8 Å². The average molecular weight is 253 g/mol. The first-order chi connectivity index (χ1) is 7.76. The number of thioether (sulfide) groups is 1. The van der Waals surface area contributed by atoms with Gasteiger partial charge in [-0.1, -0.05) is 23.7 Å². The Labute approximate surface area is 105 Å². The molecule has 2 nitrogen and oxygen atoms in total. The van der Waals surface area contributed by atoms with E-state index in [4.69, 9.17) is 11.6 Å². The maximum absolute atomic E-state index is 9.35. The minimum absolute atomic E-state index is 0.309. The lowest BCUT2D eigenvalue weighted by molar-refractivity contribution is 0.476. The lowest BCUT2D eigenvalue weighted by Crippen LogP contribution is -2.38. The van der Waals surface area contributed by atoms with Crippen LogP contribution in [0, 0.1) is 11.3 Å². The lowest BCUT2D eigenvalue weighted by atomic mass is 9.99. The molecule has 0 saturated carbocycles. The minimum atomic E-state index is -0.309. The van der Waals surface area contributed by atoms with Crippen LogP contribution in [-0.4, -0.2) is 17.8 Å². The van der Waals surface area contributed by atoms with E-state index >= 15 is 0 Å². The SMILES string of the molecule is N#CC1(Sc2ccccc2Cl)CCNCC1. The number of piperidine rings is 1. The molecule has 1 fully saturated rings. The predicted octanol–water partition coefficient (Wildman–Crippen LogP) is 3.08. The molecule has 0 spiro atoms. The van der Waals surface area contributed by atoms with Crippen molar-refractivity contribution in [3.8, 4) is 6.07 Å². The van der Waals surface area contributed by atoms with Crippen LogP contribution in [0.25, 0.3) is 0 Å². The first-order valence-electron chi connectivity index (χ1n) is 5.31. The van der Waals surface area contributed by atoms with Gasteiger partial charge in [0.1, 0.15) is 4.75 Å². The van der Waals surface area contributed by atoms with Crippen molar-refractivity contribution in [2.24, 2.45) is 0 Å². The second kappa shape index (κ2) is 5.09. The number of nitrogens with zero attached hydrogens (tertiary/aromatic N) is 1. The van der Waals surface area contributed by atoms with Crippen LogP contribution in [0.2, 0.25) is 5.02 Å². The van der Waals surface area contributed by atoms with Crippen LogP contribution in [0.1, 0.15) is 12.8 Å². The van der Waals surface area contributed by atoms with Crippen molar-refractivity contribution >= 4 is 23.4 Å². The Morgan fingerprint density at radius 1 is 1.31 bits per heavy atom. The van der Waals surface area contributed by atoms with Crippen LogP contribution in [0.4, 0.5) is 0 Å². The highest BCUT2D eigenvalue weighted by Gasteiger charge is 2.33. The fourth-order valence-corrected chi connectivity index (χ4v) is 3.24. The fourth-order valence-electron chi connectivity index (χ4n) is 1.81. The van der Waals surface area contributed by atoms with Crippen LogP contribution >= 0.6 is 23.4 Å². The van der Waals surface area contributed by atoms with Gasteiger partial charge in [0.05, 0.1) is 11.1 Å². The number of rotatable bonds is 2. The monoisotopic (exact) mass is 252 g/mol. The molecule has 1 aliphatic heterocycles. The van der Waals surface area contributed by atoms with E-state index in [1.165, 1.54) is 0 Å². The van der Waals surface area contributed by atoms with Crippen molar-refractivity contribution in [1.82, 2.24) is 5.32 Å². The summed E-state index contributed by atoms with van der Waals surface area (Å²) >= 11 is 7.72. The molecule has 0 atom stereocenters. The number of hydrogen-bond acceptors (Lipinski definition) is 3. The zero-order chi connectivity index (χ0) is 11.4. The molecule has 0 amide bonds. The molecule has 1 aromatic rings. The van der Waals surface area contributed by atoms with Crippen molar-refractivity contribution in [2.45, 2.75) is 22.5 Å². The smallest absolute Gasteiger partial charge is 0.109 e. The maximum Gasteiger partial charge on any atom is 0.109 e. The average Bonchev–Trinajstić information content (AvgIpc) is 2.33. The van der Waals surface area contributed by atoms with Gasteiger partial charge in [-0.2, -0.15) is 5.26 Å². The second-order valence-corrected chi connectivity index (χ2v) is 5.72. The summed E-state index contributed by atoms with van der Waals surface area (Å²) in [5, 5.41) is 13.4. The first kappa shape index (κ1) is 11.8. The van der Waals surface area contributed by atoms with Crippen LogP contribution in [0.15, 0.2) is 29.2 Å². The Morgan fingerprint density at radius 2 is 2.00 bits per heavy atom. The summed E-state index contributed by atoms with van der Waals surface area (Å²) in [7, 11) is 0. The summed E-state index contributed by atoms with van der Waals surface area (Å²) in [5.74, 6) is 0. The summed E-state index contributed by atoms with van der Waals surface area (Å²) in [6.07, 6.45) is 1.75. The second-order valence-electron chi connectivity index (χ2n) is 3.89. The molecule has 84 valence electrons. The van der Waals surface area contributed by atoms with Gasteiger partial charge in [-0.05, 0) is 38.1 Å². The number of benzene rings is 1. The van der Waals surface area contributed by atoms with Gasteiger partial charge >= 0.3 is 0 Å². The third kappa shape index (κ3) is 2.52. The molecule has 1 N–H and O–H groups in total. The predicted molar refractivity (Wildman–Crippen MR) is 67.8 cm³/mol. The van der Waals surface area contributed by atoms with Gasteiger partial charge in [-0.25, -0.2) is 0 Å². The maximum atomic E-state index is 9.35. The molecule has 1 aliphatic rings. The Morgan fingerprint density at radius 3 is 2.62 bits per heavy atom. The largest absolute Gasteiger partial charge is 0.317 e. The fraction of sp³-hybridized carbons (Fsp3) is 0.417. The van der Waals surface area contributed by atoms with E-state index in [-0.39, 0.29) is 4.75 Å². The minimum Gasteiger partial charge on any atom is -0.317 e. The number of nitrogens with one attached hydrogen (secondary N) is 1. The van der Waals surface area contributed by atoms with E-state index in [0.29, 0.717) is 0 Å². The highest BCUT2D eigenvalue weighted by Crippen LogP contribution is 2.41. The molecule has 0 bridgehead atoms. The van der Waals surface area contributed by atoms with Gasteiger partial charge in [0.15, 0.2) is 0 Å². The summed E-state index contributed by atoms with van der Waals surface area (Å²) in [4.78, 5) is 1.01. The molecule has 2 rings (SSSR count). The van der Waals surface area contributed by atoms with E-state index in [0.717, 1.165) is 35.8 Å². The molecule has 4 heteroatoms. The molecule has 0 radical (unpaired) electrons. The van der Waals surface area contributed by atoms with E-state index in [2.05, 4.69) is 11.4 Å². The number of halogens is 1. The van der Waals surface area contributed by atoms with E-state index < -0.39 is 0 Å². The molecule has 1 saturated heterocycles. The van der Waals surface area contributed by atoms with Gasteiger partial charge in [-0.15, -0.1) is 11.8 Å². The van der Waals surface area contributed by atoms with Crippen molar-refractivity contribution < 1.29 is 0 Å². The van der Waals surface area contributed by atoms with Crippen molar-refractivity contribution in [3.05, 3.63) is 29.3 Å². The summed E-state index contributed by atoms with van der Waals surface area (Å²) in [6.45, 7) is 1.82. The van der Waals surface area contributed by atoms with Gasteiger partial charge < -0.3 is 5.32 Å². The normalized spacial score (nSPS) is 19.0. The van der Waals surface area contributed by atoms with Crippen LogP contribution < -0.4 is 5.32 Å². The van der Waals surface area contributed by atoms with E-state index in [1.807, 2.05) is 24.3 Å². The zero-order valence-electron chi connectivity index (χ0n) is 8.87. The molecule has 0 aliphatic carbocycles. The zero-order valence-corrected chi connectivity index (χ0v) is 10.4. The third-order valence-corrected chi connectivity index (χ3v) is 4.66. The molecule has 16 heavy (non-hydrogen) atoms. The van der Waals surface area contributed by atoms with E-state index in [9.17, 15) is 5.26 Å². The van der Waals surface area contributed by atoms with Gasteiger partial charge in [0.25, 0.3) is 0 Å². The van der Waals surface area contributed by atoms with Crippen LogP contribution in [0.3, 0.4) is 0 Å². The Hall–Kier alpha value is -0.690. The molecular weight excluding hydrogens is 240 g/mol. The standard InChI is InChI=1S/C12H13ClN2S/c13-10-3-1-2-4-11(10)16-12(9-14)5-7-15-8-6-12/h1-4,15H,5-8H2. The Bertz CT molecular complexity index is 408. The first-order valence-corrected chi connectivity index (χ1v) is 6.51. The topological polar surface area (TPSA) is 35.8 Å². The number of nitriles is 1. The lowest BCUT2D eigenvalue weighted by Gasteiger charge is -2.30. The molecule has 0 unspecified atom stereocenters. The van der Waals surface area contributed by atoms with Crippen LogP contribution in [0.5, 0.6) is 0 Å². The number of hydrogen-bond donors (Lipinski definition) is 1. The molecule has 1 aromatic carbocycles. The highest BCUT2D eigenvalue weighted by molar-refractivity contribution is 8.01. The van der Waals surface area contributed by atoms with Crippen molar-refractivity contribution in [2.75, 3.05) is 13.1 Å². The van der Waals surface area contributed by atoms with Gasteiger partial charge in [0.2, 0.25) is 0 Å². The van der Waals surface area contributed by atoms with Gasteiger partial charge in [-0.3, -0.25) is 0 Å². The molecule has 0 aromatic heterocycles. The van der Waals surface area contributed by atoms with Crippen molar-refractivity contribution in [1.29, 1.82) is 5.26 Å². The van der Waals surface area contributed by atoms with Crippen molar-refractivity contribution in [3.63, 3.8) is 0 Å². The quantitative estimate of drug-likeness (QED) is 0.879. The van der Waals surface area contributed by atoms with Crippen LogP contribution in [-0.2, 0) is 0 Å². The molecule has 1 heterocycles. The third-order valence-electron chi connectivity index (χ3n) is 2.76. The summed E-state index contributed by atoms with van der Waals surface area (Å²) < 4.78 is -0.309. The Balaban J connectivity index is 2.19. The highest BCUT2D eigenvalue weighted by atomic mass is 35.5. The summed E-state index contributed by atoms with van der Waals surface area (Å²) in [6, 6.07) is 10.2.